The Morgan fingerprint density at radius 2 is 1.70 bits per heavy atom. The Morgan fingerprint density at radius 3 is 2.40 bits per heavy atom. The third-order valence-corrected chi connectivity index (χ3v) is 9.89. The van der Waals surface area contributed by atoms with E-state index in [4.69, 9.17) is 24.3 Å². The van der Waals surface area contributed by atoms with Gasteiger partial charge in [0, 0.05) is 47.7 Å². The summed E-state index contributed by atoms with van der Waals surface area (Å²) in [6, 6.07) is 29.0. The standard InChI is InChI=1S/C36H38N6O7S/c1-47-28-16-12-26(13-17-28)20-22-38-41-35(44)36(21-25-50(45,46)30-8-3-2-4-9-30)33(31-10-5-6-11-32(31)40-42-37)49-34(39-36)27-14-18-29(19-15-27)48-24-7-23-43/h2-6,8-19,33,38,43H,7,20-25H2,1H3,(H,41,44)/t33-,36-/m0/s1. The van der Waals surface area contributed by atoms with E-state index in [0.717, 1.165) is 11.3 Å². The molecular weight excluding hydrogens is 660 g/mol. The zero-order valence-corrected chi connectivity index (χ0v) is 28.3. The average molecular weight is 699 g/mol. The number of hydrazine groups is 1. The fourth-order valence-electron chi connectivity index (χ4n) is 5.48. The zero-order chi connectivity index (χ0) is 35.4. The molecule has 1 amide bonds. The summed E-state index contributed by atoms with van der Waals surface area (Å²) in [5, 5.41) is 12.9. The minimum Gasteiger partial charge on any atom is -0.497 e. The van der Waals surface area contributed by atoms with Gasteiger partial charge in [-0.05, 0) is 66.0 Å². The fourth-order valence-corrected chi connectivity index (χ4v) is 6.87. The second-order valence-corrected chi connectivity index (χ2v) is 13.5. The second kappa shape index (κ2) is 16.8. The van der Waals surface area contributed by atoms with Gasteiger partial charge in [0.1, 0.15) is 11.5 Å². The van der Waals surface area contributed by atoms with Crippen LogP contribution in [-0.2, 0) is 25.8 Å². The molecule has 50 heavy (non-hydrogen) atoms. The number of carbonyl (C=O) groups is 1. The molecular formula is C36H38N6O7S. The van der Waals surface area contributed by atoms with Gasteiger partial charge in [-0.1, -0.05) is 59.7 Å². The van der Waals surface area contributed by atoms with Crippen molar-refractivity contribution < 1.29 is 32.5 Å². The van der Waals surface area contributed by atoms with Gasteiger partial charge in [-0.25, -0.2) is 18.8 Å². The van der Waals surface area contributed by atoms with Crippen LogP contribution in [0, 0.1) is 0 Å². The Balaban J connectivity index is 1.51. The molecule has 5 rings (SSSR count). The van der Waals surface area contributed by atoms with E-state index in [1.54, 1.807) is 73.8 Å². The van der Waals surface area contributed by atoms with Gasteiger partial charge in [-0.3, -0.25) is 10.2 Å². The SMILES string of the molecule is COc1ccc(CCNNC(=O)[C@@]2(CCS(=O)(=O)c3ccccc3)N=C(c3ccc(OCCCO)cc3)O[C@H]2c2ccccc2N=[N+]=[N-])cc1. The number of hydrogen-bond donors (Lipinski definition) is 3. The molecule has 4 aromatic rings. The molecule has 260 valence electrons. The number of aliphatic hydroxyl groups is 1. The van der Waals surface area contributed by atoms with Crippen molar-refractivity contribution in [1.82, 2.24) is 10.9 Å². The van der Waals surface area contributed by atoms with Gasteiger partial charge in [0.25, 0.3) is 5.91 Å². The maximum atomic E-state index is 14.4. The third kappa shape index (κ3) is 8.60. The number of nitrogens with one attached hydrogen (secondary N) is 2. The Bertz CT molecular complexity index is 1930. The number of sulfone groups is 1. The number of aliphatic imine (C=N–C) groups is 1. The molecule has 1 aliphatic rings. The highest BCUT2D eigenvalue weighted by molar-refractivity contribution is 7.91. The van der Waals surface area contributed by atoms with Crippen LogP contribution >= 0.6 is 0 Å². The minimum absolute atomic E-state index is 0.00190. The van der Waals surface area contributed by atoms with Crippen LogP contribution in [0.2, 0.25) is 0 Å². The molecule has 2 atom stereocenters. The lowest BCUT2D eigenvalue weighted by atomic mass is 9.84. The largest absolute Gasteiger partial charge is 0.497 e. The molecule has 14 heteroatoms. The summed E-state index contributed by atoms with van der Waals surface area (Å²) in [5.41, 5.74) is 15.3. The van der Waals surface area contributed by atoms with Gasteiger partial charge in [-0.2, -0.15) is 0 Å². The molecule has 0 fully saturated rings. The number of hydrogen-bond acceptors (Lipinski definition) is 10. The van der Waals surface area contributed by atoms with Gasteiger partial charge in [0.05, 0.1) is 24.4 Å². The summed E-state index contributed by atoms with van der Waals surface area (Å²) in [5.74, 6) is 0.320. The maximum Gasteiger partial charge on any atom is 0.266 e. The van der Waals surface area contributed by atoms with E-state index in [9.17, 15) is 18.7 Å². The number of ether oxygens (including phenoxy) is 3. The van der Waals surface area contributed by atoms with Crippen LogP contribution in [0.3, 0.4) is 0 Å². The number of azide groups is 1. The van der Waals surface area contributed by atoms with Crippen LogP contribution in [0.4, 0.5) is 5.69 Å². The molecule has 3 N–H and O–H groups in total. The maximum absolute atomic E-state index is 14.4. The summed E-state index contributed by atoms with van der Waals surface area (Å²) in [6.07, 6.45) is -0.395. The van der Waals surface area contributed by atoms with E-state index in [2.05, 4.69) is 20.9 Å². The second-order valence-electron chi connectivity index (χ2n) is 11.4. The molecule has 0 radical (unpaired) electrons. The predicted molar refractivity (Wildman–Crippen MR) is 188 cm³/mol. The molecule has 1 aliphatic heterocycles. The van der Waals surface area contributed by atoms with Crippen LogP contribution in [0.15, 0.2) is 118 Å². The highest BCUT2D eigenvalue weighted by Gasteiger charge is 2.54. The van der Waals surface area contributed by atoms with E-state index < -0.39 is 33.1 Å². The first kappa shape index (κ1) is 35.9. The number of aliphatic hydroxyl groups excluding tert-OH is 1. The number of rotatable bonds is 17. The lowest BCUT2D eigenvalue weighted by molar-refractivity contribution is -0.130. The molecule has 13 nitrogen and oxygen atoms in total. The number of carbonyl (C=O) groups excluding carboxylic acids is 1. The van der Waals surface area contributed by atoms with Crippen LogP contribution in [0.5, 0.6) is 11.5 Å². The van der Waals surface area contributed by atoms with Crippen LogP contribution < -0.4 is 20.3 Å². The molecule has 0 saturated heterocycles. The Morgan fingerprint density at radius 1 is 1.00 bits per heavy atom. The molecule has 0 aromatic heterocycles. The lowest BCUT2D eigenvalue weighted by Gasteiger charge is -2.31. The highest BCUT2D eigenvalue weighted by atomic mass is 32.2. The van der Waals surface area contributed by atoms with E-state index >= 15 is 0 Å². The third-order valence-electron chi connectivity index (χ3n) is 8.16. The van der Waals surface area contributed by atoms with Gasteiger partial charge >= 0.3 is 0 Å². The lowest BCUT2D eigenvalue weighted by Crippen LogP contribution is -2.53. The quantitative estimate of drug-likeness (QED) is 0.0431. The van der Waals surface area contributed by atoms with E-state index in [-0.39, 0.29) is 29.5 Å². The van der Waals surface area contributed by atoms with Crippen LogP contribution in [0.25, 0.3) is 10.4 Å². The minimum atomic E-state index is -3.86. The number of benzene rings is 4. The monoisotopic (exact) mass is 698 g/mol. The van der Waals surface area contributed by atoms with Crippen LogP contribution in [-0.4, -0.2) is 63.5 Å². The molecule has 1 heterocycles. The smallest absolute Gasteiger partial charge is 0.266 e. The summed E-state index contributed by atoms with van der Waals surface area (Å²) in [4.78, 5) is 22.4. The molecule has 0 spiro atoms. The number of amides is 1. The molecule has 0 saturated carbocycles. The van der Waals surface area contributed by atoms with E-state index in [1.807, 2.05) is 24.3 Å². The van der Waals surface area contributed by atoms with Crippen molar-refractivity contribution in [3.8, 4) is 11.5 Å². The van der Waals surface area contributed by atoms with Crippen molar-refractivity contribution >= 4 is 27.3 Å². The van der Waals surface area contributed by atoms with Gasteiger partial charge in [0.2, 0.25) is 5.90 Å². The number of nitrogens with zero attached hydrogens (tertiary/aromatic N) is 4. The first-order chi connectivity index (χ1) is 24.3. The van der Waals surface area contributed by atoms with Gasteiger partial charge < -0.3 is 19.3 Å². The zero-order valence-electron chi connectivity index (χ0n) is 27.4. The van der Waals surface area contributed by atoms with E-state index in [0.29, 0.717) is 42.9 Å². The first-order valence-electron chi connectivity index (χ1n) is 16.0. The molecule has 4 aromatic carbocycles. The normalized spacial score (nSPS) is 16.8. The first-order valence-corrected chi connectivity index (χ1v) is 17.6. The topological polar surface area (TPSA) is 184 Å². The number of methoxy groups -OCH3 is 1. The predicted octanol–water partition coefficient (Wildman–Crippen LogP) is 5.38. The van der Waals surface area contributed by atoms with Crippen molar-refractivity contribution in [3.63, 3.8) is 0 Å². The van der Waals surface area contributed by atoms with Crippen molar-refractivity contribution in [2.24, 2.45) is 10.1 Å². The fraction of sp³-hybridized carbons (Fsp3) is 0.278. The Kier molecular flexibility index (Phi) is 12.1. The van der Waals surface area contributed by atoms with Gasteiger partial charge in [-0.15, -0.1) is 0 Å². The van der Waals surface area contributed by atoms with E-state index in [1.165, 1.54) is 12.1 Å². The Labute approximate surface area is 290 Å². The van der Waals surface area contributed by atoms with Crippen molar-refractivity contribution in [1.29, 1.82) is 0 Å². The molecule has 0 bridgehead atoms. The van der Waals surface area contributed by atoms with Crippen LogP contribution in [0.1, 0.15) is 35.6 Å². The summed E-state index contributed by atoms with van der Waals surface area (Å²) >= 11 is 0. The van der Waals surface area contributed by atoms with Gasteiger partial charge in [0.15, 0.2) is 21.5 Å². The van der Waals surface area contributed by atoms with Crippen molar-refractivity contribution in [2.45, 2.75) is 35.8 Å². The Hall–Kier alpha value is -5.40. The molecule has 0 unspecified atom stereocenters. The van der Waals surface area contributed by atoms with Crippen molar-refractivity contribution in [2.75, 3.05) is 32.6 Å². The highest BCUT2D eigenvalue weighted by Crippen LogP contribution is 2.45. The average Bonchev–Trinajstić information content (AvgIpc) is 3.54. The van der Waals surface area contributed by atoms with Crippen molar-refractivity contribution in [3.05, 3.63) is 130 Å². The summed E-state index contributed by atoms with van der Waals surface area (Å²) in [7, 11) is -2.27. The molecule has 0 aliphatic carbocycles. The summed E-state index contributed by atoms with van der Waals surface area (Å²) in [6.45, 7) is 0.684. The summed E-state index contributed by atoms with van der Waals surface area (Å²) < 4.78 is 44.5.